The molecule has 0 aliphatic rings. The summed E-state index contributed by atoms with van der Waals surface area (Å²) in [6.07, 6.45) is 7.70. The Morgan fingerprint density at radius 3 is 0.742 bits per heavy atom. The van der Waals surface area contributed by atoms with Crippen molar-refractivity contribution in [2.75, 3.05) is 19.6 Å². The van der Waals surface area contributed by atoms with Crippen molar-refractivity contribution in [1.29, 1.82) is 0 Å². The van der Waals surface area contributed by atoms with Crippen molar-refractivity contribution in [2.24, 2.45) is 0 Å². The SMILES string of the molecule is Cc1ccc(N(c2ccc(N(c3ccccc3)c3ccccc3)cc2)c2cnccc2-c2ccncc2N(c2ccc(C)cc2)c2ccc(N(c3ccccc3)c3ccccc3)cc2)cc1. The highest BCUT2D eigenvalue weighted by molar-refractivity contribution is 5.95. The topological polar surface area (TPSA) is 38.7 Å². The monoisotopic (exact) mass is 852 g/mol. The second kappa shape index (κ2) is 18.9. The molecule has 6 nitrogen and oxygen atoms in total. The summed E-state index contributed by atoms with van der Waals surface area (Å²) in [5.41, 5.74) is 16.8. The molecule has 0 bridgehead atoms. The summed E-state index contributed by atoms with van der Waals surface area (Å²) in [5.74, 6) is 0. The molecule has 0 spiro atoms. The number of pyridine rings is 2. The molecule has 0 radical (unpaired) electrons. The fraction of sp³-hybridized carbons (Fsp3) is 0.0333. The van der Waals surface area contributed by atoms with E-state index in [9.17, 15) is 0 Å². The Balaban J connectivity index is 1.09. The highest BCUT2D eigenvalue weighted by atomic mass is 15.2. The summed E-state index contributed by atoms with van der Waals surface area (Å²) < 4.78 is 0. The van der Waals surface area contributed by atoms with E-state index in [-0.39, 0.29) is 0 Å². The van der Waals surface area contributed by atoms with Gasteiger partial charge < -0.3 is 19.6 Å². The number of anilines is 12. The molecular weight excluding hydrogens is 805 g/mol. The maximum atomic E-state index is 4.78. The summed E-state index contributed by atoms with van der Waals surface area (Å²) >= 11 is 0. The van der Waals surface area contributed by atoms with Gasteiger partial charge in [0.2, 0.25) is 0 Å². The van der Waals surface area contributed by atoms with Crippen LogP contribution in [0, 0.1) is 13.8 Å². The number of para-hydroxylation sites is 4. The Hall–Kier alpha value is -8.74. The summed E-state index contributed by atoms with van der Waals surface area (Å²) in [5, 5.41) is 0. The number of aromatic nitrogens is 2. The van der Waals surface area contributed by atoms with Crippen LogP contribution >= 0.6 is 0 Å². The first-order chi connectivity index (χ1) is 32.6. The molecule has 0 saturated heterocycles. The first kappa shape index (κ1) is 41.3. The molecule has 0 saturated carbocycles. The van der Waals surface area contributed by atoms with Crippen LogP contribution in [0.1, 0.15) is 11.1 Å². The normalized spacial score (nSPS) is 10.9. The number of hydrogen-bond acceptors (Lipinski definition) is 6. The molecule has 6 heteroatoms. The molecular formula is C60H48N6. The molecule has 0 aliphatic carbocycles. The molecule has 0 N–H and O–H groups in total. The minimum absolute atomic E-state index is 0.935. The molecule has 10 aromatic rings. The fourth-order valence-electron chi connectivity index (χ4n) is 8.53. The van der Waals surface area contributed by atoms with Crippen molar-refractivity contribution in [3.63, 3.8) is 0 Å². The van der Waals surface area contributed by atoms with Gasteiger partial charge in [0, 0.05) is 80.4 Å². The average Bonchev–Trinajstić information content (AvgIpc) is 3.38. The van der Waals surface area contributed by atoms with Crippen LogP contribution in [0.15, 0.2) is 255 Å². The first-order valence-electron chi connectivity index (χ1n) is 22.2. The van der Waals surface area contributed by atoms with Gasteiger partial charge >= 0.3 is 0 Å². The zero-order valence-electron chi connectivity index (χ0n) is 36.9. The standard InChI is InChI=1S/C60H48N6/c1-45-23-27-53(28-24-45)65(55-35-31-51(32-36-55)63(47-15-7-3-8-16-47)48-17-9-4-10-18-48)59-43-61-41-39-57(59)58-40-42-62-44-60(58)66(54-29-25-46(2)26-30-54)56-37-33-52(34-38-56)64(49-19-11-5-12-20-49)50-21-13-6-14-22-50/h3-44H,1-2H3. The largest absolute Gasteiger partial charge is 0.311 e. The summed E-state index contributed by atoms with van der Waals surface area (Å²) in [6.45, 7) is 4.24. The Bertz CT molecular complexity index is 2830. The predicted octanol–water partition coefficient (Wildman–Crippen LogP) is 16.6. The molecule has 2 heterocycles. The van der Waals surface area contributed by atoms with Gasteiger partial charge in [0.15, 0.2) is 0 Å². The van der Waals surface area contributed by atoms with Crippen molar-refractivity contribution in [3.8, 4) is 11.1 Å². The van der Waals surface area contributed by atoms with Crippen LogP contribution in [0.25, 0.3) is 11.1 Å². The summed E-state index contributed by atoms with van der Waals surface area (Å²) in [4.78, 5) is 18.7. The lowest BCUT2D eigenvalue weighted by molar-refractivity contribution is 1.20. The lowest BCUT2D eigenvalue weighted by Crippen LogP contribution is -2.15. The highest BCUT2D eigenvalue weighted by Gasteiger charge is 2.24. The van der Waals surface area contributed by atoms with E-state index in [4.69, 9.17) is 9.97 Å². The van der Waals surface area contributed by atoms with Gasteiger partial charge in [-0.1, -0.05) is 108 Å². The zero-order valence-corrected chi connectivity index (χ0v) is 36.9. The van der Waals surface area contributed by atoms with Crippen LogP contribution in [0.3, 0.4) is 0 Å². The van der Waals surface area contributed by atoms with Crippen LogP contribution < -0.4 is 19.6 Å². The van der Waals surface area contributed by atoms with E-state index in [1.54, 1.807) is 0 Å². The Morgan fingerprint density at radius 2 is 0.470 bits per heavy atom. The molecule has 0 aliphatic heterocycles. The Kier molecular flexibility index (Phi) is 11.8. The molecule has 318 valence electrons. The smallest absolute Gasteiger partial charge is 0.0724 e. The van der Waals surface area contributed by atoms with Crippen LogP contribution in [0.4, 0.5) is 68.2 Å². The third-order valence-corrected chi connectivity index (χ3v) is 11.7. The molecule has 0 fully saturated rings. The lowest BCUT2D eigenvalue weighted by Gasteiger charge is -2.31. The second-order valence-electron chi connectivity index (χ2n) is 16.2. The van der Waals surface area contributed by atoms with E-state index >= 15 is 0 Å². The van der Waals surface area contributed by atoms with E-state index in [2.05, 4.69) is 264 Å². The maximum Gasteiger partial charge on any atom is 0.0724 e. The third-order valence-electron chi connectivity index (χ3n) is 11.7. The molecule has 0 atom stereocenters. The molecule has 8 aromatic carbocycles. The lowest BCUT2D eigenvalue weighted by atomic mass is 10.0. The van der Waals surface area contributed by atoms with Crippen molar-refractivity contribution in [3.05, 3.63) is 266 Å². The van der Waals surface area contributed by atoms with Crippen LogP contribution in [0.5, 0.6) is 0 Å². The van der Waals surface area contributed by atoms with Crippen LogP contribution in [-0.4, -0.2) is 9.97 Å². The first-order valence-corrected chi connectivity index (χ1v) is 22.2. The summed E-state index contributed by atoms with van der Waals surface area (Å²) in [7, 11) is 0. The van der Waals surface area contributed by atoms with E-state index < -0.39 is 0 Å². The van der Waals surface area contributed by atoms with Crippen molar-refractivity contribution in [1.82, 2.24) is 9.97 Å². The average molecular weight is 853 g/mol. The van der Waals surface area contributed by atoms with E-state index in [1.807, 2.05) is 24.8 Å². The van der Waals surface area contributed by atoms with Gasteiger partial charge in [0.1, 0.15) is 0 Å². The number of aryl methyl sites for hydroxylation is 2. The maximum absolute atomic E-state index is 4.78. The Labute approximate surface area is 387 Å². The number of nitrogens with zero attached hydrogens (tertiary/aromatic N) is 6. The van der Waals surface area contributed by atoms with E-state index in [1.165, 1.54) is 11.1 Å². The quantitative estimate of drug-likeness (QED) is 0.115. The summed E-state index contributed by atoms with van der Waals surface area (Å²) in [6, 6.07) is 81.2. The van der Waals surface area contributed by atoms with Crippen molar-refractivity contribution >= 4 is 68.2 Å². The highest BCUT2D eigenvalue weighted by Crippen LogP contribution is 2.47. The van der Waals surface area contributed by atoms with Gasteiger partial charge in [-0.2, -0.15) is 0 Å². The van der Waals surface area contributed by atoms with Gasteiger partial charge in [-0.15, -0.1) is 0 Å². The van der Waals surface area contributed by atoms with E-state index in [0.29, 0.717) is 0 Å². The van der Waals surface area contributed by atoms with Gasteiger partial charge in [0.25, 0.3) is 0 Å². The van der Waals surface area contributed by atoms with Gasteiger partial charge in [-0.05, 0) is 147 Å². The fourth-order valence-corrected chi connectivity index (χ4v) is 8.53. The molecule has 2 aromatic heterocycles. The Morgan fingerprint density at radius 1 is 0.242 bits per heavy atom. The minimum atomic E-state index is 0.935. The molecule has 66 heavy (non-hydrogen) atoms. The molecule has 0 amide bonds. The molecule has 10 rings (SSSR count). The van der Waals surface area contributed by atoms with Gasteiger partial charge in [-0.3, -0.25) is 9.97 Å². The van der Waals surface area contributed by atoms with Crippen LogP contribution in [-0.2, 0) is 0 Å². The number of hydrogen-bond donors (Lipinski definition) is 0. The van der Waals surface area contributed by atoms with Gasteiger partial charge in [-0.25, -0.2) is 0 Å². The van der Waals surface area contributed by atoms with Crippen molar-refractivity contribution in [2.45, 2.75) is 13.8 Å². The second-order valence-corrected chi connectivity index (χ2v) is 16.2. The minimum Gasteiger partial charge on any atom is -0.311 e. The molecule has 0 unspecified atom stereocenters. The van der Waals surface area contributed by atoms with Crippen LogP contribution in [0.2, 0.25) is 0 Å². The number of rotatable bonds is 13. The third kappa shape index (κ3) is 8.64. The van der Waals surface area contributed by atoms with E-state index in [0.717, 1.165) is 79.4 Å². The predicted molar refractivity (Wildman–Crippen MR) is 276 cm³/mol. The zero-order chi connectivity index (χ0) is 44.7. The van der Waals surface area contributed by atoms with Crippen molar-refractivity contribution < 1.29 is 0 Å². The van der Waals surface area contributed by atoms with Gasteiger partial charge in [0.05, 0.1) is 23.8 Å². The number of benzene rings is 8.